The first kappa shape index (κ1) is 19.4. The average molecular weight is 392 g/mol. The fraction of sp³-hybridized carbons (Fsp3) is 0.0588. The largest absolute Gasteiger partial charge is 0.497 e. The van der Waals surface area contributed by atoms with Gasteiger partial charge in [-0.15, -0.1) is 0 Å². The summed E-state index contributed by atoms with van der Waals surface area (Å²) >= 11 is 11.0. The molecule has 134 valence electrons. The second kappa shape index (κ2) is 8.93. The summed E-state index contributed by atoms with van der Waals surface area (Å²) in [4.78, 5) is 22.0. The molecule has 0 aliphatic carbocycles. The minimum absolute atomic E-state index is 0.0186. The van der Waals surface area contributed by atoms with E-state index in [9.17, 15) is 14.9 Å². The van der Waals surface area contributed by atoms with Gasteiger partial charge in [-0.25, -0.2) is 0 Å². The van der Waals surface area contributed by atoms with Gasteiger partial charge in [0.25, 0.3) is 5.69 Å². The molecule has 0 saturated heterocycles. The van der Waals surface area contributed by atoms with Gasteiger partial charge < -0.3 is 10.1 Å². The van der Waals surface area contributed by atoms with Crippen LogP contribution in [0.2, 0.25) is 5.02 Å². The first-order valence-electron chi connectivity index (χ1n) is 7.27. The molecule has 26 heavy (non-hydrogen) atoms. The van der Waals surface area contributed by atoms with E-state index in [0.29, 0.717) is 5.69 Å². The zero-order valence-corrected chi connectivity index (χ0v) is 15.1. The normalized spacial score (nSPS) is 10.4. The van der Waals surface area contributed by atoms with Gasteiger partial charge >= 0.3 is 0 Å². The van der Waals surface area contributed by atoms with E-state index < -0.39 is 10.8 Å². The number of nitro benzene ring substituents is 1. The van der Waals surface area contributed by atoms with Crippen molar-refractivity contribution in [1.29, 1.82) is 0 Å². The van der Waals surface area contributed by atoms with Crippen molar-refractivity contribution in [3.63, 3.8) is 0 Å². The molecule has 7 nitrogen and oxygen atoms in total. The number of nitrogens with zero attached hydrogens (tertiary/aromatic N) is 1. The Bertz CT molecular complexity index is 869. The number of nitro groups is 1. The zero-order valence-electron chi connectivity index (χ0n) is 13.6. The molecule has 0 aliphatic rings. The highest BCUT2D eigenvalue weighted by Crippen LogP contribution is 2.26. The number of amides is 1. The lowest BCUT2D eigenvalue weighted by Crippen LogP contribution is -2.32. The zero-order chi connectivity index (χ0) is 19.1. The van der Waals surface area contributed by atoms with E-state index in [-0.39, 0.29) is 15.8 Å². The van der Waals surface area contributed by atoms with Crippen molar-refractivity contribution in [2.24, 2.45) is 0 Å². The van der Waals surface area contributed by atoms with Crippen LogP contribution >= 0.6 is 23.8 Å². The Morgan fingerprint density at radius 3 is 2.54 bits per heavy atom. The summed E-state index contributed by atoms with van der Waals surface area (Å²) in [6.45, 7) is 0. The summed E-state index contributed by atoms with van der Waals surface area (Å²) < 4.78 is 5.06. The van der Waals surface area contributed by atoms with Crippen LogP contribution in [0.4, 0.5) is 11.4 Å². The number of rotatable bonds is 5. The Hall–Kier alpha value is -2.97. The summed E-state index contributed by atoms with van der Waals surface area (Å²) in [6, 6.07) is 11.0. The molecule has 0 saturated carbocycles. The summed E-state index contributed by atoms with van der Waals surface area (Å²) in [6.07, 6.45) is 2.95. The van der Waals surface area contributed by atoms with Gasteiger partial charge in [0.2, 0.25) is 5.91 Å². The molecule has 9 heteroatoms. The molecule has 2 N–H and O–H groups in total. The van der Waals surface area contributed by atoms with Gasteiger partial charge in [0.05, 0.1) is 22.7 Å². The average Bonchev–Trinajstić information content (AvgIpc) is 2.62. The van der Waals surface area contributed by atoms with Crippen molar-refractivity contribution < 1.29 is 14.5 Å². The Morgan fingerprint density at radius 2 is 1.96 bits per heavy atom. The van der Waals surface area contributed by atoms with Crippen LogP contribution in [0.3, 0.4) is 0 Å². The van der Waals surface area contributed by atoms with E-state index >= 15 is 0 Å². The SMILES string of the molecule is COc1ccc(C=CC(=O)NC(=S)Nc2ccc([N+](=O)[O-])cc2Cl)cc1. The number of hydrogen-bond donors (Lipinski definition) is 2. The second-order valence-corrected chi connectivity index (χ2v) is 5.79. The summed E-state index contributed by atoms with van der Waals surface area (Å²) in [5.74, 6) is 0.285. The van der Waals surface area contributed by atoms with Gasteiger partial charge in [-0.2, -0.15) is 0 Å². The van der Waals surface area contributed by atoms with Crippen molar-refractivity contribution in [1.82, 2.24) is 5.32 Å². The number of thiocarbonyl (C=S) groups is 1. The minimum atomic E-state index is -0.556. The van der Waals surface area contributed by atoms with Crippen molar-refractivity contribution in [2.45, 2.75) is 0 Å². The van der Waals surface area contributed by atoms with Crippen LogP contribution in [-0.4, -0.2) is 23.1 Å². The summed E-state index contributed by atoms with van der Waals surface area (Å²) in [5, 5.41) is 16.0. The molecule has 0 unspecified atom stereocenters. The molecule has 0 aliphatic heterocycles. The minimum Gasteiger partial charge on any atom is -0.497 e. The number of halogens is 1. The molecule has 2 aromatic carbocycles. The number of benzene rings is 2. The molecule has 2 aromatic rings. The Balaban J connectivity index is 1.93. The Kier molecular flexibility index (Phi) is 6.65. The first-order chi connectivity index (χ1) is 12.4. The van der Waals surface area contributed by atoms with E-state index in [4.69, 9.17) is 28.6 Å². The number of carbonyl (C=O) groups is 1. The highest BCUT2D eigenvalue weighted by atomic mass is 35.5. The highest BCUT2D eigenvalue weighted by Gasteiger charge is 2.10. The topological polar surface area (TPSA) is 93.5 Å². The maximum atomic E-state index is 11.9. The maximum Gasteiger partial charge on any atom is 0.271 e. The smallest absolute Gasteiger partial charge is 0.271 e. The molecule has 0 fully saturated rings. The van der Waals surface area contributed by atoms with Crippen molar-refractivity contribution in [3.8, 4) is 5.75 Å². The van der Waals surface area contributed by atoms with Crippen molar-refractivity contribution in [3.05, 3.63) is 69.2 Å². The van der Waals surface area contributed by atoms with Crippen LogP contribution in [-0.2, 0) is 4.79 Å². The summed E-state index contributed by atoms with van der Waals surface area (Å²) in [7, 11) is 1.57. The van der Waals surface area contributed by atoms with Crippen LogP contribution in [0, 0.1) is 10.1 Å². The van der Waals surface area contributed by atoms with Crippen LogP contribution < -0.4 is 15.4 Å². The van der Waals surface area contributed by atoms with Crippen molar-refractivity contribution >= 4 is 52.3 Å². The molecule has 1 amide bonds. The lowest BCUT2D eigenvalue weighted by Gasteiger charge is -2.09. The third kappa shape index (κ3) is 5.54. The van der Waals surface area contributed by atoms with E-state index in [0.717, 1.165) is 11.3 Å². The first-order valence-corrected chi connectivity index (χ1v) is 8.05. The van der Waals surface area contributed by atoms with Gasteiger partial charge in [0.15, 0.2) is 5.11 Å². The molecule has 0 bridgehead atoms. The molecule has 0 radical (unpaired) electrons. The number of methoxy groups -OCH3 is 1. The summed E-state index contributed by atoms with van der Waals surface area (Å²) in [5.41, 5.74) is 1.03. The molecule has 0 atom stereocenters. The van der Waals surface area contributed by atoms with Crippen LogP contribution in [0.15, 0.2) is 48.5 Å². The number of carbonyl (C=O) groups excluding carboxylic acids is 1. The Morgan fingerprint density at radius 1 is 1.27 bits per heavy atom. The maximum absolute atomic E-state index is 11.9. The fourth-order valence-electron chi connectivity index (χ4n) is 1.91. The Labute approximate surface area is 159 Å². The number of nitrogens with one attached hydrogen (secondary N) is 2. The lowest BCUT2D eigenvalue weighted by atomic mass is 10.2. The van der Waals surface area contributed by atoms with Gasteiger partial charge in [-0.1, -0.05) is 23.7 Å². The van der Waals surface area contributed by atoms with E-state index in [2.05, 4.69) is 10.6 Å². The molecular weight excluding hydrogens is 378 g/mol. The third-order valence-electron chi connectivity index (χ3n) is 3.19. The number of ether oxygens (including phenoxy) is 1. The van der Waals surface area contributed by atoms with Gasteiger partial charge in [0.1, 0.15) is 5.75 Å². The molecule has 2 rings (SSSR count). The number of hydrogen-bond acceptors (Lipinski definition) is 5. The van der Waals surface area contributed by atoms with Gasteiger partial charge in [-0.3, -0.25) is 20.2 Å². The number of non-ortho nitro benzene ring substituents is 1. The third-order valence-corrected chi connectivity index (χ3v) is 3.71. The lowest BCUT2D eigenvalue weighted by molar-refractivity contribution is -0.384. The second-order valence-electron chi connectivity index (χ2n) is 4.97. The number of anilines is 1. The standard InChI is InChI=1S/C17H14ClN3O4S/c1-25-13-6-2-11(3-7-13)4-9-16(22)20-17(26)19-15-8-5-12(21(23)24)10-14(15)18/h2-10H,1H3,(H2,19,20,22,26). The van der Waals surface area contributed by atoms with Gasteiger partial charge in [0, 0.05) is 18.2 Å². The fourth-order valence-corrected chi connectivity index (χ4v) is 2.35. The van der Waals surface area contributed by atoms with E-state index in [1.54, 1.807) is 37.5 Å². The molecule has 0 spiro atoms. The quantitative estimate of drug-likeness (QED) is 0.348. The van der Waals surface area contributed by atoms with E-state index in [1.807, 2.05) is 0 Å². The van der Waals surface area contributed by atoms with E-state index in [1.165, 1.54) is 24.3 Å². The predicted molar refractivity (Wildman–Crippen MR) is 104 cm³/mol. The van der Waals surface area contributed by atoms with Crippen LogP contribution in [0.5, 0.6) is 5.75 Å². The predicted octanol–water partition coefficient (Wildman–Crippen LogP) is 3.78. The molecular formula is C17H14ClN3O4S. The van der Waals surface area contributed by atoms with Gasteiger partial charge in [-0.05, 0) is 42.1 Å². The highest BCUT2D eigenvalue weighted by molar-refractivity contribution is 7.80. The molecule has 0 aromatic heterocycles. The van der Waals surface area contributed by atoms with Crippen LogP contribution in [0.1, 0.15) is 5.56 Å². The van der Waals surface area contributed by atoms with Crippen LogP contribution in [0.25, 0.3) is 6.08 Å². The monoisotopic (exact) mass is 391 g/mol. The molecule has 0 heterocycles. The van der Waals surface area contributed by atoms with Crippen molar-refractivity contribution in [2.75, 3.05) is 12.4 Å².